The summed E-state index contributed by atoms with van der Waals surface area (Å²) in [7, 11) is 0. The molecular formula is C16H20N2O. The van der Waals surface area contributed by atoms with Gasteiger partial charge in [-0.25, -0.2) is 0 Å². The second-order valence-corrected chi connectivity index (χ2v) is 5.01. The number of benzene rings is 1. The van der Waals surface area contributed by atoms with Crippen molar-refractivity contribution in [1.82, 2.24) is 5.32 Å². The van der Waals surface area contributed by atoms with Crippen molar-refractivity contribution in [1.29, 1.82) is 5.26 Å². The highest BCUT2D eigenvalue weighted by molar-refractivity contribution is 5.36. The molecular weight excluding hydrogens is 236 g/mol. The number of hydrogen-bond acceptors (Lipinski definition) is 3. The average molecular weight is 256 g/mol. The van der Waals surface area contributed by atoms with E-state index in [1.165, 1.54) is 6.26 Å². The highest BCUT2D eigenvalue weighted by Gasteiger charge is 2.45. The number of nitrogens with zero attached hydrogens (tertiary/aromatic N) is 1. The van der Waals surface area contributed by atoms with E-state index in [2.05, 4.69) is 30.1 Å². The highest BCUT2D eigenvalue weighted by atomic mass is 16.5. The first-order chi connectivity index (χ1) is 9.30. The van der Waals surface area contributed by atoms with Crippen molar-refractivity contribution in [3.8, 4) is 6.07 Å². The minimum Gasteiger partial charge on any atom is -0.502 e. The van der Waals surface area contributed by atoms with Crippen LogP contribution in [0.4, 0.5) is 0 Å². The summed E-state index contributed by atoms with van der Waals surface area (Å²) in [6.07, 6.45) is 4.23. The smallest absolute Gasteiger partial charge is 0.0885 e. The van der Waals surface area contributed by atoms with E-state index in [0.29, 0.717) is 12.6 Å². The van der Waals surface area contributed by atoms with Crippen LogP contribution in [0, 0.1) is 11.3 Å². The first-order valence-electron chi connectivity index (χ1n) is 6.73. The fraction of sp³-hybridized carbons (Fsp3) is 0.438. The monoisotopic (exact) mass is 256 g/mol. The van der Waals surface area contributed by atoms with Crippen LogP contribution in [0.5, 0.6) is 0 Å². The Morgan fingerprint density at radius 3 is 2.79 bits per heavy atom. The summed E-state index contributed by atoms with van der Waals surface area (Å²) in [5.41, 5.74) is 0.863. The molecule has 0 amide bonds. The quantitative estimate of drug-likeness (QED) is 0.602. The van der Waals surface area contributed by atoms with Crippen LogP contribution in [0.1, 0.15) is 24.8 Å². The fourth-order valence-corrected chi connectivity index (χ4v) is 2.62. The maximum absolute atomic E-state index is 9.44. The largest absolute Gasteiger partial charge is 0.502 e. The predicted octanol–water partition coefficient (Wildman–Crippen LogP) is 2.75. The minimum atomic E-state index is -0.281. The Morgan fingerprint density at radius 2 is 2.16 bits per heavy atom. The molecule has 0 bridgehead atoms. The van der Waals surface area contributed by atoms with Gasteiger partial charge in [-0.2, -0.15) is 5.26 Å². The van der Waals surface area contributed by atoms with Crippen LogP contribution in [-0.4, -0.2) is 19.2 Å². The average Bonchev–Trinajstić information content (AvgIpc) is 2.42. The fourth-order valence-electron chi connectivity index (χ4n) is 2.62. The Balaban J connectivity index is 1.77. The van der Waals surface area contributed by atoms with Crippen LogP contribution in [0.15, 0.2) is 43.2 Å². The molecule has 0 saturated heterocycles. The van der Waals surface area contributed by atoms with Gasteiger partial charge < -0.3 is 10.1 Å². The number of ether oxygens (including phenoxy) is 1. The van der Waals surface area contributed by atoms with Crippen molar-refractivity contribution in [2.45, 2.75) is 30.7 Å². The molecule has 3 nitrogen and oxygen atoms in total. The van der Waals surface area contributed by atoms with Crippen LogP contribution in [0.3, 0.4) is 0 Å². The van der Waals surface area contributed by atoms with Crippen molar-refractivity contribution < 1.29 is 4.74 Å². The predicted molar refractivity (Wildman–Crippen MR) is 75.5 cm³/mol. The first kappa shape index (κ1) is 13.6. The molecule has 2 rings (SSSR count). The van der Waals surface area contributed by atoms with Gasteiger partial charge in [-0.05, 0) is 31.4 Å². The van der Waals surface area contributed by atoms with Gasteiger partial charge in [-0.1, -0.05) is 36.9 Å². The van der Waals surface area contributed by atoms with Crippen LogP contribution < -0.4 is 5.32 Å². The summed E-state index contributed by atoms with van der Waals surface area (Å²) in [4.78, 5) is 0. The zero-order chi connectivity index (χ0) is 13.6. The lowest BCUT2D eigenvalue weighted by Crippen LogP contribution is -2.51. The third-order valence-electron chi connectivity index (χ3n) is 3.72. The molecule has 1 aliphatic rings. The zero-order valence-electron chi connectivity index (χ0n) is 11.1. The molecule has 19 heavy (non-hydrogen) atoms. The molecule has 1 N–H and O–H groups in total. The topological polar surface area (TPSA) is 45.0 Å². The molecule has 3 heteroatoms. The van der Waals surface area contributed by atoms with E-state index in [9.17, 15) is 5.26 Å². The summed E-state index contributed by atoms with van der Waals surface area (Å²) in [6.45, 7) is 5.13. The summed E-state index contributed by atoms with van der Waals surface area (Å²) in [6, 6.07) is 13.0. The minimum absolute atomic E-state index is 0.281. The molecule has 0 radical (unpaired) electrons. The number of nitriles is 1. The van der Waals surface area contributed by atoms with Gasteiger partial charge in [0.05, 0.1) is 24.4 Å². The Bertz CT molecular complexity index is 444. The van der Waals surface area contributed by atoms with E-state index in [0.717, 1.165) is 31.4 Å². The molecule has 1 aromatic carbocycles. The van der Waals surface area contributed by atoms with Crippen LogP contribution in [0.25, 0.3) is 0 Å². The summed E-state index contributed by atoms with van der Waals surface area (Å²) in [5.74, 6) is 0. The van der Waals surface area contributed by atoms with Gasteiger partial charge in [-0.3, -0.25) is 0 Å². The lowest BCUT2D eigenvalue weighted by Gasteiger charge is -2.43. The second kappa shape index (κ2) is 6.40. The molecule has 0 spiro atoms. The number of rotatable bonds is 7. The molecule has 1 aliphatic carbocycles. The van der Waals surface area contributed by atoms with Gasteiger partial charge >= 0.3 is 0 Å². The van der Waals surface area contributed by atoms with E-state index < -0.39 is 0 Å². The van der Waals surface area contributed by atoms with Gasteiger partial charge in [0.2, 0.25) is 0 Å². The standard InChI is InChI=1S/C16H20N2O/c1-2-19-10-6-9-18-15-11-16(12-15,13-17)14-7-4-3-5-8-14/h2-5,7-8,15,18H,1,6,9-12H2. The van der Waals surface area contributed by atoms with Crippen molar-refractivity contribution in [3.63, 3.8) is 0 Å². The van der Waals surface area contributed by atoms with Gasteiger partial charge in [0, 0.05) is 6.04 Å². The summed E-state index contributed by atoms with van der Waals surface area (Å²) in [5, 5.41) is 12.9. The highest BCUT2D eigenvalue weighted by Crippen LogP contribution is 2.43. The Hall–Kier alpha value is -1.79. The molecule has 0 aromatic heterocycles. The van der Waals surface area contributed by atoms with Crippen molar-refractivity contribution in [3.05, 3.63) is 48.7 Å². The van der Waals surface area contributed by atoms with E-state index in [-0.39, 0.29) is 5.41 Å². The van der Waals surface area contributed by atoms with Gasteiger partial charge in [-0.15, -0.1) is 0 Å². The Morgan fingerprint density at radius 1 is 1.42 bits per heavy atom. The molecule has 100 valence electrons. The van der Waals surface area contributed by atoms with Crippen LogP contribution in [-0.2, 0) is 10.2 Å². The normalized spacial score (nSPS) is 25.1. The third kappa shape index (κ3) is 3.15. The van der Waals surface area contributed by atoms with Crippen molar-refractivity contribution in [2.24, 2.45) is 0 Å². The third-order valence-corrected chi connectivity index (χ3v) is 3.72. The van der Waals surface area contributed by atoms with E-state index in [1.807, 2.05) is 18.2 Å². The Kier molecular flexibility index (Phi) is 4.59. The maximum Gasteiger partial charge on any atom is 0.0885 e. The van der Waals surface area contributed by atoms with Crippen molar-refractivity contribution in [2.75, 3.05) is 13.2 Å². The molecule has 1 aromatic rings. The second-order valence-electron chi connectivity index (χ2n) is 5.01. The van der Waals surface area contributed by atoms with E-state index in [1.54, 1.807) is 0 Å². The van der Waals surface area contributed by atoms with E-state index >= 15 is 0 Å². The molecule has 0 heterocycles. The molecule has 0 unspecified atom stereocenters. The lowest BCUT2D eigenvalue weighted by atomic mass is 9.62. The zero-order valence-corrected chi connectivity index (χ0v) is 11.1. The first-order valence-corrected chi connectivity index (χ1v) is 6.73. The van der Waals surface area contributed by atoms with Gasteiger partial charge in [0.15, 0.2) is 0 Å². The Labute approximate surface area is 114 Å². The summed E-state index contributed by atoms with van der Waals surface area (Å²) >= 11 is 0. The van der Waals surface area contributed by atoms with Crippen LogP contribution in [0.2, 0.25) is 0 Å². The molecule has 1 saturated carbocycles. The number of nitrogens with one attached hydrogen (secondary N) is 1. The molecule has 0 atom stereocenters. The lowest BCUT2D eigenvalue weighted by molar-refractivity contribution is 0.209. The SMILES string of the molecule is C=COCCCNC1CC(C#N)(c2ccccc2)C1. The van der Waals surface area contributed by atoms with Crippen molar-refractivity contribution >= 4 is 0 Å². The van der Waals surface area contributed by atoms with E-state index in [4.69, 9.17) is 4.74 Å². The number of hydrogen-bond donors (Lipinski definition) is 1. The summed E-state index contributed by atoms with van der Waals surface area (Å²) < 4.78 is 5.07. The van der Waals surface area contributed by atoms with Crippen LogP contribution >= 0.6 is 0 Å². The van der Waals surface area contributed by atoms with Gasteiger partial charge in [0.1, 0.15) is 0 Å². The van der Waals surface area contributed by atoms with Gasteiger partial charge in [0.25, 0.3) is 0 Å². The maximum atomic E-state index is 9.44. The molecule has 0 aliphatic heterocycles. The molecule has 1 fully saturated rings.